The minimum absolute atomic E-state index is 0.0833. The minimum atomic E-state index is -6.77. The Hall–Kier alpha value is -0.490. The molecule has 0 aliphatic heterocycles. The van der Waals surface area contributed by atoms with Gasteiger partial charge in [0.25, 0.3) is 11.3 Å². The van der Waals surface area contributed by atoms with E-state index in [1.54, 1.807) is 0 Å². The second-order valence-corrected chi connectivity index (χ2v) is 12.5. The van der Waals surface area contributed by atoms with Crippen molar-refractivity contribution in [2.45, 2.75) is 88.1 Å². The van der Waals surface area contributed by atoms with Crippen LogP contribution < -0.4 is 0 Å². The van der Waals surface area contributed by atoms with Crippen LogP contribution in [0.4, 0.5) is 101 Å². The van der Waals surface area contributed by atoms with Crippen molar-refractivity contribution in [1.82, 2.24) is 0 Å². The topological polar surface area (TPSA) is 40.5 Å². The van der Waals surface area contributed by atoms with Crippen molar-refractivity contribution in [3.8, 4) is 0 Å². The maximum absolute atomic E-state index is 13.3. The lowest BCUT2D eigenvalue weighted by molar-refractivity contribution is -0.353. The molecule has 0 aliphatic carbocycles. The molecule has 4 unspecified atom stereocenters. The van der Waals surface area contributed by atoms with Crippen LogP contribution >= 0.6 is 45.2 Å². The summed E-state index contributed by atoms with van der Waals surface area (Å²) < 4.78 is 281. The highest BCUT2D eigenvalue weighted by molar-refractivity contribution is 14.1. The van der Waals surface area contributed by atoms with Crippen molar-refractivity contribution in [3.05, 3.63) is 12.7 Å². The number of rotatable bonds is 10. The molecule has 292 valence electrons. The Balaban J connectivity index is -0.000000760. The lowest BCUT2D eigenvalue weighted by Crippen LogP contribution is -2.55. The molecule has 0 aromatic heterocycles. The Morgan fingerprint density at radius 3 is 0.896 bits per heavy atom. The van der Waals surface area contributed by atoms with E-state index in [0.29, 0.717) is 22.6 Å². The molecular formula is C21H21F23I2O2. The summed E-state index contributed by atoms with van der Waals surface area (Å²) in [7, 11) is 0. The summed E-state index contributed by atoms with van der Waals surface area (Å²) in [5.74, 6) is -6.99. The SMILES string of the molecule is C=CCO.FC(F)(F)C(I)CC(CC(F)(C(F)(F)F)C(F)(F)F)C(F)(F)F.OCC(I)CC(CC(F)(C(F)(F)F)C(F)(F)F)C(F)(F)F. The quantitative estimate of drug-likeness (QED) is 0.0991. The highest BCUT2D eigenvalue weighted by atomic mass is 127. The summed E-state index contributed by atoms with van der Waals surface area (Å²) in [6.45, 7) is 2.41. The summed E-state index contributed by atoms with van der Waals surface area (Å²) >= 11 is 1.61. The Labute approximate surface area is 281 Å². The molecule has 0 spiro atoms. The van der Waals surface area contributed by atoms with E-state index < -0.39 is 107 Å². The zero-order chi connectivity index (χ0) is 39.8. The molecule has 0 saturated heterocycles. The largest absolute Gasteiger partial charge is 0.431 e. The molecule has 0 aromatic rings. The lowest BCUT2D eigenvalue weighted by Gasteiger charge is -2.34. The molecule has 0 heterocycles. The van der Waals surface area contributed by atoms with Crippen LogP contribution in [-0.2, 0) is 0 Å². The molecule has 0 fully saturated rings. The van der Waals surface area contributed by atoms with Crippen molar-refractivity contribution < 1.29 is 111 Å². The molecule has 0 rings (SSSR count). The van der Waals surface area contributed by atoms with Gasteiger partial charge in [0, 0.05) is 16.8 Å². The van der Waals surface area contributed by atoms with Crippen LogP contribution in [0.15, 0.2) is 12.7 Å². The molecule has 4 atom stereocenters. The monoisotopic (exact) mass is 996 g/mol. The Bertz CT molecular complexity index is 902. The Kier molecular flexibility index (Phi) is 19.8. The van der Waals surface area contributed by atoms with Crippen molar-refractivity contribution in [3.63, 3.8) is 0 Å². The predicted molar refractivity (Wildman–Crippen MR) is 135 cm³/mol. The van der Waals surface area contributed by atoms with Gasteiger partial charge in [0.05, 0.1) is 25.0 Å². The van der Waals surface area contributed by atoms with Gasteiger partial charge in [0.1, 0.15) is 3.92 Å². The van der Waals surface area contributed by atoms with Gasteiger partial charge in [-0.25, -0.2) is 8.78 Å². The third kappa shape index (κ3) is 16.2. The molecule has 48 heavy (non-hydrogen) atoms. The van der Waals surface area contributed by atoms with Crippen LogP contribution in [0, 0.1) is 11.8 Å². The summed E-state index contributed by atoms with van der Waals surface area (Å²) in [5.41, 5.74) is -12.2. The number of aliphatic hydroxyl groups is 2. The summed E-state index contributed by atoms with van der Waals surface area (Å²) in [6.07, 6.45) is -51.3. The van der Waals surface area contributed by atoms with Gasteiger partial charge in [-0.15, -0.1) is 6.58 Å². The number of hydrogen-bond donors (Lipinski definition) is 2. The first-order valence-electron chi connectivity index (χ1n) is 11.7. The molecule has 2 N–H and O–H groups in total. The first-order valence-corrected chi connectivity index (χ1v) is 14.2. The van der Waals surface area contributed by atoms with Gasteiger partial charge in [0.15, 0.2) is 0 Å². The van der Waals surface area contributed by atoms with E-state index in [1.807, 2.05) is 0 Å². The standard InChI is InChI=1S/C9H6F13I.C9H9F10IO.C3H6O/c10-5(8(17,18)19,9(20,21)22)2-3(6(11,12)13)1-4(23)7(14,15)16;10-6(8(14,15)16,9(17,18)19)2-4(7(11,12)13)1-5(20)3-21;1-2-3-4/h3-4H,1-2H2;4-5,21H,1-3H2;2,4H,1,3H2. The van der Waals surface area contributed by atoms with Crippen LogP contribution in [0.1, 0.15) is 25.7 Å². The van der Waals surface area contributed by atoms with Crippen molar-refractivity contribution >= 4 is 45.2 Å². The molecule has 0 radical (unpaired) electrons. The van der Waals surface area contributed by atoms with Crippen molar-refractivity contribution in [1.29, 1.82) is 0 Å². The van der Waals surface area contributed by atoms with Crippen LogP contribution in [0.2, 0.25) is 0 Å². The van der Waals surface area contributed by atoms with E-state index in [-0.39, 0.29) is 6.61 Å². The molecule has 0 aromatic carbocycles. The van der Waals surface area contributed by atoms with Crippen LogP contribution in [0.3, 0.4) is 0 Å². The molecule has 0 amide bonds. The van der Waals surface area contributed by atoms with E-state index in [4.69, 9.17) is 10.2 Å². The highest BCUT2D eigenvalue weighted by Gasteiger charge is 2.75. The van der Waals surface area contributed by atoms with Gasteiger partial charge in [-0.3, -0.25) is 0 Å². The smallest absolute Gasteiger partial charge is 0.395 e. The molecule has 27 heteroatoms. The lowest BCUT2D eigenvalue weighted by atomic mass is 9.87. The fourth-order valence-electron chi connectivity index (χ4n) is 2.90. The zero-order valence-corrected chi connectivity index (χ0v) is 27.0. The van der Waals surface area contributed by atoms with Gasteiger partial charge >= 0.3 is 43.2 Å². The average Bonchev–Trinajstić information content (AvgIpc) is 2.83. The van der Waals surface area contributed by atoms with Gasteiger partial charge in [-0.05, 0) is 12.8 Å². The van der Waals surface area contributed by atoms with Gasteiger partial charge in [-0.1, -0.05) is 51.3 Å². The molecule has 0 saturated carbocycles. The predicted octanol–water partition coefficient (Wildman–Crippen LogP) is 10.9. The third-order valence-electron chi connectivity index (χ3n) is 5.49. The van der Waals surface area contributed by atoms with E-state index >= 15 is 0 Å². The second-order valence-electron chi connectivity index (χ2n) is 9.21. The maximum atomic E-state index is 13.3. The van der Waals surface area contributed by atoms with E-state index in [0.717, 1.165) is 0 Å². The second kappa shape index (κ2) is 18.3. The minimum Gasteiger partial charge on any atom is -0.395 e. The summed E-state index contributed by atoms with van der Waals surface area (Å²) in [6, 6.07) is 0. The van der Waals surface area contributed by atoms with Crippen LogP contribution in [0.25, 0.3) is 0 Å². The average molecular weight is 996 g/mol. The number of alkyl halides is 25. The normalized spacial score (nSPS) is 16.9. The fraction of sp³-hybridized carbons (Fsp3) is 0.905. The van der Waals surface area contributed by atoms with Crippen molar-refractivity contribution in [2.75, 3.05) is 13.2 Å². The number of hydrogen-bond acceptors (Lipinski definition) is 2. The molecule has 2 nitrogen and oxygen atoms in total. The Morgan fingerprint density at radius 2 is 0.729 bits per heavy atom. The fourth-order valence-corrected chi connectivity index (χ4v) is 4.12. The van der Waals surface area contributed by atoms with Gasteiger partial charge in [-0.2, -0.15) is 92.2 Å². The summed E-state index contributed by atoms with van der Waals surface area (Å²) in [5, 5.41) is 16.3. The summed E-state index contributed by atoms with van der Waals surface area (Å²) in [4.78, 5) is 0. The first-order chi connectivity index (χ1) is 20.7. The maximum Gasteiger partial charge on any atom is 0.431 e. The number of halogens is 25. The van der Waals surface area contributed by atoms with Crippen LogP contribution in [0.5, 0.6) is 0 Å². The third-order valence-corrected chi connectivity index (χ3v) is 7.61. The zero-order valence-electron chi connectivity index (χ0n) is 22.7. The van der Waals surface area contributed by atoms with Crippen LogP contribution in [-0.4, -0.2) is 85.8 Å². The van der Waals surface area contributed by atoms with Crippen molar-refractivity contribution in [2.24, 2.45) is 11.8 Å². The molecule has 0 bridgehead atoms. The Morgan fingerprint density at radius 1 is 0.479 bits per heavy atom. The first kappa shape index (κ1) is 51.9. The highest BCUT2D eigenvalue weighted by Crippen LogP contribution is 2.54. The molecular weight excluding hydrogens is 975 g/mol. The van der Waals surface area contributed by atoms with E-state index in [2.05, 4.69) is 6.58 Å². The van der Waals surface area contributed by atoms with Gasteiger partial charge < -0.3 is 10.2 Å². The molecule has 0 aliphatic rings. The van der Waals surface area contributed by atoms with E-state index in [1.165, 1.54) is 28.7 Å². The van der Waals surface area contributed by atoms with E-state index in [9.17, 15) is 101 Å². The number of aliphatic hydroxyl groups excluding tert-OH is 2. The van der Waals surface area contributed by atoms with Gasteiger partial charge in [0.2, 0.25) is 0 Å².